The minimum atomic E-state index is -4.68. The van der Waals surface area contributed by atoms with Crippen LogP contribution in [0, 0.1) is 5.41 Å². The molecule has 1 saturated heterocycles. The van der Waals surface area contributed by atoms with E-state index >= 15 is 0 Å². The minimum absolute atomic E-state index is 0.0292. The SMILES string of the molecule is CNC1=NC=CN/C1=C(\C=N)Oc1cnc2nc(Nc3cc(C(F)(F)F)cn(C4CCOC4)c3=O)n(C)c2c1Cl. The van der Waals surface area contributed by atoms with Crippen molar-refractivity contribution < 1.29 is 22.6 Å². The zero-order valence-electron chi connectivity index (χ0n) is 21.1. The van der Waals surface area contributed by atoms with Crippen LogP contribution >= 0.6 is 11.6 Å². The van der Waals surface area contributed by atoms with Gasteiger partial charge >= 0.3 is 6.18 Å². The second-order valence-electron chi connectivity index (χ2n) is 8.77. The second kappa shape index (κ2) is 10.7. The normalized spacial score (nSPS) is 18.4. The zero-order chi connectivity index (χ0) is 28.6. The fraction of sp³-hybridized carbons (Fsp3) is 0.292. The molecule has 210 valence electrons. The number of hydrogen-bond acceptors (Lipinski definition) is 10. The van der Waals surface area contributed by atoms with Crippen LogP contribution in [0.3, 0.4) is 0 Å². The standard InChI is InChI=1S/C24H23ClF3N9O3/c1-30-20-18(31-4-5-32-20)15(8-29)40-16-9-33-21-19(17(16)25)36(2)23(35-21)34-14-7-12(24(26,27)28)10-37(22(14)38)13-3-6-39-11-13/h4-5,7-10,13,29,31H,3,6,11H2,1-2H3,(H,30,32)(H,33,34,35)/b18-15+,29-8?. The van der Waals surface area contributed by atoms with Gasteiger partial charge in [0.25, 0.3) is 5.56 Å². The molecule has 0 spiro atoms. The summed E-state index contributed by atoms with van der Waals surface area (Å²) in [4.78, 5) is 25.9. The lowest BCUT2D eigenvalue weighted by atomic mass is 10.2. The van der Waals surface area contributed by atoms with Crippen LogP contribution in [0.15, 0.2) is 52.1 Å². The van der Waals surface area contributed by atoms with Crippen molar-refractivity contribution in [2.24, 2.45) is 12.0 Å². The smallest absolute Gasteiger partial charge is 0.417 e. The van der Waals surface area contributed by atoms with Crippen molar-refractivity contribution in [1.82, 2.24) is 29.7 Å². The number of hydrogen-bond donors (Lipinski definition) is 4. The number of allylic oxidation sites excluding steroid dienone is 1. The number of nitrogens with zero attached hydrogens (tertiary/aromatic N) is 5. The van der Waals surface area contributed by atoms with Gasteiger partial charge in [0.15, 0.2) is 23.0 Å². The Kier molecular flexibility index (Phi) is 7.25. The number of amidine groups is 1. The minimum Gasteiger partial charge on any atom is -0.450 e. The molecule has 0 aliphatic carbocycles. The summed E-state index contributed by atoms with van der Waals surface area (Å²) >= 11 is 6.64. The maximum absolute atomic E-state index is 13.7. The predicted octanol–water partition coefficient (Wildman–Crippen LogP) is 3.44. The van der Waals surface area contributed by atoms with Gasteiger partial charge in [0.05, 0.1) is 30.6 Å². The van der Waals surface area contributed by atoms with Crippen molar-refractivity contribution in [3.8, 4) is 5.75 Å². The highest BCUT2D eigenvalue weighted by molar-refractivity contribution is 6.36. The third-order valence-corrected chi connectivity index (χ3v) is 6.66. The molecule has 5 heterocycles. The van der Waals surface area contributed by atoms with Gasteiger partial charge in [-0.1, -0.05) is 11.6 Å². The number of imidazole rings is 1. The summed E-state index contributed by atoms with van der Waals surface area (Å²) in [5.74, 6) is 0.626. The average molecular weight is 578 g/mol. The fourth-order valence-corrected chi connectivity index (χ4v) is 4.59. The number of anilines is 2. The van der Waals surface area contributed by atoms with Gasteiger partial charge in [0.2, 0.25) is 5.95 Å². The highest BCUT2D eigenvalue weighted by atomic mass is 35.5. The van der Waals surface area contributed by atoms with Crippen LogP contribution in [-0.2, 0) is 18.0 Å². The van der Waals surface area contributed by atoms with Crippen molar-refractivity contribution >= 4 is 46.5 Å². The Labute approximate surface area is 229 Å². The molecule has 3 aromatic rings. The summed E-state index contributed by atoms with van der Waals surface area (Å²) < 4.78 is 54.7. The van der Waals surface area contributed by atoms with E-state index in [1.165, 1.54) is 17.0 Å². The van der Waals surface area contributed by atoms with Gasteiger partial charge in [0.1, 0.15) is 21.9 Å². The molecule has 0 saturated carbocycles. The Balaban J connectivity index is 1.53. The molecule has 0 aromatic carbocycles. The van der Waals surface area contributed by atoms with Crippen LogP contribution in [0.5, 0.6) is 5.75 Å². The summed E-state index contributed by atoms with van der Waals surface area (Å²) in [6, 6.07) is 0.221. The highest BCUT2D eigenvalue weighted by Gasteiger charge is 2.34. The molecule has 1 fully saturated rings. The van der Waals surface area contributed by atoms with Crippen molar-refractivity contribution in [1.29, 1.82) is 5.41 Å². The lowest BCUT2D eigenvalue weighted by Crippen LogP contribution is -2.31. The molecule has 0 radical (unpaired) electrons. The average Bonchev–Trinajstić information content (AvgIpc) is 3.57. The van der Waals surface area contributed by atoms with E-state index in [4.69, 9.17) is 26.5 Å². The lowest BCUT2D eigenvalue weighted by Gasteiger charge is -2.18. The first-order valence-corrected chi connectivity index (χ1v) is 12.3. The van der Waals surface area contributed by atoms with E-state index in [1.807, 2.05) is 0 Å². The number of aryl methyl sites for hydroxylation is 1. The van der Waals surface area contributed by atoms with Crippen LogP contribution in [0.2, 0.25) is 5.02 Å². The number of likely N-dealkylation sites (N-methyl/N-ethyl adjacent to an activating group) is 1. The van der Waals surface area contributed by atoms with Crippen molar-refractivity contribution in [3.63, 3.8) is 0 Å². The molecule has 16 heteroatoms. The molecule has 0 bridgehead atoms. The maximum atomic E-state index is 13.7. The number of aliphatic imine (C=N–C) groups is 1. The van der Waals surface area contributed by atoms with E-state index in [2.05, 4.69) is 30.9 Å². The quantitative estimate of drug-likeness (QED) is 0.258. The molecule has 5 rings (SSSR count). The van der Waals surface area contributed by atoms with E-state index in [0.29, 0.717) is 24.6 Å². The Morgan fingerprint density at radius 1 is 1.40 bits per heavy atom. The number of pyridine rings is 2. The van der Waals surface area contributed by atoms with Crippen molar-refractivity contribution in [2.45, 2.75) is 18.6 Å². The fourth-order valence-electron chi connectivity index (χ4n) is 4.29. The molecule has 1 atom stereocenters. The first-order chi connectivity index (χ1) is 19.1. The topological polar surface area (TPSA) is 143 Å². The number of ether oxygens (including phenoxy) is 2. The van der Waals surface area contributed by atoms with E-state index in [-0.39, 0.29) is 45.9 Å². The molecular weight excluding hydrogens is 555 g/mol. The number of aromatic nitrogens is 4. The molecule has 2 aliphatic rings. The molecule has 40 heavy (non-hydrogen) atoms. The van der Waals surface area contributed by atoms with E-state index in [1.54, 1.807) is 20.3 Å². The molecule has 1 unspecified atom stereocenters. The number of alkyl halides is 3. The van der Waals surface area contributed by atoms with Gasteiger partial charge in [-0.15, -0.1) is 0 Å². The maximum Gasteiger partial charge on any atom is 0.417 e. The second-order valence-corrected chi connectivity index (χ2v) is 9.15. The Bertz CT molecular complexity index is 1640. The summed E-state index contributed by atoms with van der Waals surface area (Å²) in [6.45, 7) is 0.484. The van der Waals surface area contributed by atoms with Gasteiger partial charge in [-0.25, -0.2) is 9.98 Å². The van der Waals surface area contributed by atoms with Crippen LogP contribution in [0.4, 0.5) is 24.8 Å². The number of halogens is 4. The Morgan fingerprint density at radius 3 is 2.88 bits per heavy atom. The largest absolute Gasteiger partial charge is 0.450 e. The summed E-state index contributed by atoms with van der Waals surface area (Å²) in [6.07, 6.45) is 1.90. The van der Waals surface area contributed by atoms with Crippen LogP contribution in [0.25, 0.3) is 11.2 Å². The molecular formula is C24H23ClF3N9O3. The first-order valence-electron chi connectivity index (χ1n) is 11.9. The number of rotatable bonds is 6. The first kappa shape index (κ1) is 27.2. The molecule has 0 amide bonds. The third kappa shape index (κ3) is 5.00. The van der Waals surface area contributed by atoms with Crippen LogP contribution < -0.4 is 26.2 Å². The molecule has 12 nitrogen and oxygen atoms in total. The summed E-state index contributed by atoms with van der Waals surface area (Å²) in [5.41, 5.74) is -1.15. The van der Waals surface area contributed by atoms with Crippen molar-refractivity contribution in [2.75, 3.05) is 25.6 Å². The Morgan fingerprint density at radius 2 is 2.20 bits per heavy atom. The van der Waals surface area contributed by atoms with E-state index in [0.717, 1.165) is 23.0 Å². The number of fused-ring (bicyclic) bond motifs is 1. The van der Waals surface area contributed by atoms with Crippen LogP contribution in [-0.4, -0.2) is 51.4 Å². The van der Waals surface area contributed by atoms with Gasteiger partial charge in [0, 0.05) is 39.3 Å². The highest BCUT2D eigenvalue weighted by Crippen LogP contribution is 2.35. The van der Waals surface area contributed by atoms with E-state index < -0.39 is 23.3 Å². The summed E-state index contributed by atoms with van der Waals surface area (Å²) in [7, 11) is 3.22. The molecule has 2 aliphatic heterocycles. The lowest BCUT2D eigenvalue weighted by molar-refractivity contribution is -0.138. The van der Waals surface area contributed by atoms with Gasteiger partial charge in [-0.2, -0.15) is 18.2 Å². The van der Waals surface area contributed by atoms with Crippen LogP contribution in [0.1, 0.15) is 18.0 Å². The number of nitrogens with one attached hydrogen (secondary N) is 4. The Hall–Kier alpha value is -4.37. The van der Waals surface area contributed by atoms with E-state index in [9.17, 15) is 18.0 Å². The molecule has 3 aromatic heterocycles. The van der Waals surface area contributed by atoms with Gasteiger partial charge in [-0.3, -0.25) is 4.79 Å². The summed E-state index contributed by atoms with van der Waals surface area (Å²) in [5, 5.41) is 16.5. The predicted molar refractivity (Wildman–Crippen MR) is 142 cm³/mol. The monoisotopic (exact) mass is 577 g/mol. The van der Waals surface area contributed by atoms with Gasteiger partial charge in [-0.05, 0) is 12.5 Å². The van der Waals surface area contributed by atoms with Crippen molar-refractivity contribution in [3.05, 3.63) is 63.3 Å². The van der Waals surface area contributed by atoms with Gasteiger partial charge < -0.3 is 40.0 Å². The third-order valence-electron chi connectivity index (χ3n) is 6.30. The molecule has 4 N–H and O–H groups in total. The zero-order valence-corrected chi connectivity index (χ0v) is 21.9.